The summed E-state index contributed by atoms with van der Waals surface area (Å²) in [5, 5.41) is 17.7. The predicted molar refractivity (Wildman–Crippen MR) is 97.3 cm³/mol. The van der Waals surface area contributed by atoms with E-state index in [9.17, 15) is 0 Å². The highest BCUT2D eigenvalue weighted by molar-refractivity contribution is 8.75. The molecule has 0 heterocycles. The second kappa shape index (κ2) is 11.9. The normalized spacial score (nSPS) is 13.9. The Kier molecular flexibility index (Phi) is 12.2. The summed E-state index contributed by atoms with van der Waals surface area (Å²) < 4.78 is 13.8. The van der Waals surface area contributed by atoms with Gasteiger partial charge in [-0.3, -0.25) is 0 Å². The van der Waals surface area contributed by atoms with Crippen molar-refractivity contribution >= 4 is 30.4 Å². The molecule has 0 fully saturated rings. The van der Waals surface area contributed by atoms with Crippen LogP contribution in [0.1, 0.15) is 54.4 Å². The van der Waals surface area contributed by atoms with Gasteiger partial charge in [0.25, 0.3) is 8.53 Å². The van der Waals surface area contributed by atoms with Gasteiger partial charge in [-0.15, -0.1) is 0 Å². The van der Waals surface area contributed by atoms with Crippen molar-refractivity contribution in [2.24, 2.45) is 0 Å². The third-order valence-electron chi connectivity index (χ3n) is 2.73. The molecule has 0 spiro atoms. The molecule has 130 valence electrons. The van der Waals surface area contributed by atoms with Crippen molar-refractivity contribution in [1.29, 1.82) is 5.26 Å². The van der Waals surface area contributed by atoms with Crippen molar-refractivity contribution in [2.75, 3.05) is 13.2 Å². The summed E-state index contributed by atoms with van der Waals surface area (Å²) in [6, 6.07) is 2.68. The van der Waals surface area contributed by atoms with E-state index in [4.69, 9.17) is 18.9 Å². The van der Waals surface area contributed by atoms with Gasteiger partial charge in [0.15, 0.2) is 0 Å². The molecule has 0 bridgehead atoms. The Labute approximate surface area is 144 Å². The topological polar surface area (TPSA) is 65.7 Å². The van der Waals surface area contributed by atoms with Crippen LogP contribution in [0.2, 0.25) is 0 Å². The number of nitriles is 1. The second-order valence-corrected chi connectivity index (χ2v) is 10.1. The average Bonchev–Trinajstić information content (AvgIpc) is 2.37. The zero-order chi connectivity index (χ0) is 17.2. The van der Waals surface area contributed by atoms with Crippen LogP contribution in [0.3, 0.4) is 0 Å². The van der Waals surface area contributed by atoms with E-state index in [0.29, 0.717) is 31.5 Å². The first kappa shape index (κ1) is 22.5. The Morgan fingerprint density at radius 1 is 1.27 bits per heavy atom. The molecule has 0 aliphatic heterocycles. The molecule has 0 radical (unpaired) electrons. The van der Waals surface area contributed by atoms with Crippen LogP contribution in [0.15, 0.2) is 0 Å². The molecule has 0 saturated carbocycles. The lowest BCUT2D eigenvalue weighted by Crippen LogP contribution is -2.33. The van der Waals surface area contributed by atoms with Crippen molar-refractivity contribution in [1.82, 2.24) is 4.67 Å². The number of rotatable bonds is 12. The third-order valence-corrected chi connectivity index (χ3v) is 8.02. The highest BCUT2D eigenvalue weighted by Crippen LogP contribution is 2.53. The zero-order valence-electron chi connectivity index (χ0n) is 14.4. The van der Waals surface area contributed by atoms with Crippen LogP contribution in [0.5, 0.6) is 0 Å². The second-order valence-electron chi connectivity index (χ2n) is 6.01. The minimum Gasteiger partial charge on any atom is -0.396 e. The molecule has 0 saturated heterocycles. The highest BCUT2D eigenvalue weighted by Gasteiger charge is 2.29. The molecule has 5 nitrogen and oxygen atoms in total. The van der Waals surface area contributed by atoms with E-state index in [1.54, 1.807) is 10.8 Å². The van der Waals surface area contributed by atoms with Crippen LogP contribution in [0, 0.1) is 11.3 Å². The van der Waals surface area contributed by atoms with Gasteiger partial charge in [0, 0.05) is 23.4 Å². The first-order valence-electron chi connectivity index (χ1n) is 7.46. The van der Waals surface area contributed by atoms with Gasteiger partial charge < -0.3 is 9.63 Å². The average molecular weight is 369 g/mol. The minimum atomic E-state index is -1.22. The molecular formula is C14H29N2O3PS2. The summed E-state index contributed by atoms with van der Waals surface area (Å²) in [6.45, 7) is 13.1. The van der Waals surface area contributed by atoms with Gasteiger partial charge in [0.05, 0.1) is 30.2 Å². The van der Waals surface area contributed by atoms with Crippen molar-refractivity contribution in [3.8, 4) is 6.07 Å². The van der Waals surface area contributed by atoms with E-state index in [1.165, 1.54) is 11.1 Å². The molecular weight excluding hydrogens is 339 g/mol. The lowest BCUT2D eigenvalue weighted by molar-refractivity contribution is 0.226. The van der Waals surface area contributed by atoms with Gasteiger partial charge in [-0.25, -0.2) is 8.64 Å². The summed E-state index contributed by atoms with van der Waals surface area (Å²) in [7, 11) is 0.376. The smallest absolute Gasteiger partial charge is 0.272 e. The van der Waals surface area contributed by atoms with Crippen LogP contribution < -0.4 is 0 Å². The third kappa shape index (κ3) is 9.57. The van der Waals surface area contributed by atoms with Crippen molar-refractivity contribution in [3.05, 3.63) is 0 Å². The Bertz CT molecular complexity index is 331. The first-order valence-corrected chi connectivity index (χ1v) is 10.7. The number of hydrogen-bond donors (Lipinski definition) is 1. The van der Waals surface area contributed by atoms with E-state index in [-0.39, 0.29) is 11.4 Å². The molecule has 1 unspecified atom stereocenters. The van der Waals surface area contributed by atoms with E-state index in [0.717, 1.165) is 0 Å². The fourth-order valence-corrected chi connectivity index (χ4v) is 5.56. The molecule has 0 aromatic rings. The molecule has 0 aromatic heterocycles. The van der Waals surface area contributed by atoms with Crippen LogP contribution in [-0.4, -0.2) is 39.8 Å². The molecule has 0 amide bonds. The molecule has 1 atom stereocenters. The fraction of sp³-hybridized carbons (Fsp3) is 0.929. The van der Waals surface area contributed by atoms with Gasteiger partial charge in [-0.05, 0) is 48.0 Å². The quantitative estimate of drug-likeness (QED) is 0.231. The maximum atomic E-state index is 9.06. The summed E-state index contributed by atoms with van der Waals surface area (Å²) in [6.07, 6.45) is 1.07. The first-order chi connectivity index (χ1) is 10.2. The van der Waals surface area contributed by atoms with Crippen molar-refractivity contribution in [2.45, 2.75) is 71.2 Å². The number of hydrogen-bond acceptors (Lipinski definition) is 7. The lowest BCUT2D eigenvalue weighted by Gasteiger charge is -2.35. The Hall–Kier alpha value is 0.460. The van der Waals surface area contributed by atoms with Crippen molar-refractivity contribution < 1.29 is 13.6 Å². The Morgan fingerprint density at radius 3 is 2.32 bits per heavy atom. The lowest BCUT2D eigenvalue weighted by atomic mass is 10.1. The van der Waals surface area contributed by atoms with Crippen LogP contribution >= 0.6 is 30.4 Å². The van der Waals surface area contributed by atoms with Crippen LogP contribution in [0.4, 0.5) is 0 Å². The van der Waals surface area contributed by atoms with E-state index >= 15 is 0 Å². The van der Waals surface area contributed by atoms with E-state index in [1.807, 2.05) is 0 Å². The Balaban J connectivity index is 4.62. The maximum Gasteiger partial charge on any atom is 0.272 e. The largest absolute Gasteiger partial charge is 0.396 e. The Morgan fingerprint density at radius 2 is 1.86 bits per heavy atom. The highest BCUT2D eigenvalue weighted by atomic mass is 33.1. The summed E-state index contributed by atoms with van der Waals surface area (Å²) >= 11 is 1.31. The number of nitrogens with zero attached hydrogens (tertiary/aromatic N) is 2. The molecule has 1 N–H and O–H groups in total. The summed E-state index contributed by atoms with van der Waals surface area (Å²) in [4.78, 5) is 0. The van der Waals surface area contributed by atoms with Gasteiger partial charge in [0.1, 0.15) is 0 Å². The van der Waals surface area contributed by atoms with E-state index < -0.39 is 8.53 Å². The van der Waals surface area contributed by atoms with Gasteiger partial charge >= 0.3 is 0 Å². The minimum absolute atomic E-state index is 0.0619. The molecule has 22 heavy (non-hydrogen) atoms. The standard InChI is InChI=1S/C14H29N2O3PS2/c1-12(2)16(13(3)4)20(18-11-7-9-15)19-22-21-14(5,6)8-10-17/h12-13,17H,7-8,10-11H2,1-6H3. The van der Waals surface area contributed by atoms with Crippen LogP contribution in [-0.2, 0) is 8.49 Å². The molecule has 0 rings (SSSR count). The molecule has 0 aliphatic carbocycles. The SMILES string of the molecule is CC(C)N(C(C)C)P(OCCC#N)OSSC(C)(C)CCO. The van der Waals surface area contributed by atoms with Gasteiger partial charge in [-0.1, -0.05) is 10.8 Å². The van der Waals surface area contributed by atoms with Crippen LogP contribution in [0.25, 0.3) is 0 Å². The molecule has 0 aliphatic rings. The van der Waals surface area contributed by atoms with E-state index in [2.05, 4.69) is 52.3 Å². The zero-order valence-corrected chi connectivity index (χ0v) is 16.9. The molecule has 8 heteroatoms. The fourth-order valence-electron chi connectivity index (χ4n) is 1.71. The van der Waals surface area contributed by atoms with Gasteiger partial charge in [-0.2, -0.15) is 5.26 Å². The molecule has 0 aromatic carbocycles. The maximum absolute atomic E-state index is 9.06. The number of aliphatic hydroxyl groups is 1. The van der Waals surface area contributed by atoms with Crippen molar-refractivity contribution in [3.63, 3.8) is 0 Å². The monoisotopic (exact) mass is 368 g/mol. The summed E-state index contributed by atoms with van der Waals surface area (Å²) in [5.41, 5.74) is 0. The van der Waals surface area contributed by atoms with Gasteiger partial charge in [0.2, 0.25) is 0 Å². The summed E-state index contributed by atoms with van der Waals surface area (Å²) in [5.74, 6) is 0. The predicted octanol–water partition coefficient (Wildman–Crippen LogP) is 4.74. The number of aliphatic hydroxyl groups excluding tert-OH is 1.